The molecular weight excluding hydrogens is 299 g/mol. The second-order valence-corrected chi connectivity index (χ2v) is 3.61. The highest BCUT2D eigenvalue weighted by molar-refractivity contribution is 5.51. The first-order valence-electron chi connectivity index (χ1n) is 5.27. The Hall–Kier alpha value is -0.580. The smallest absolute Gasteiger partial charge is 0.205 e. The Morgan fingerprint density at radius 3 is 2.60 bits per heavy atom. The molecule has 2 aromatic rings. The van der Waals surface area contributed by atoms with Gasteiger partial charge in [0.05, 0.1) is 6.20 Å². The predicted molar refractivity (Wildman–Crippen MR) is 57.4 cm³/mol. The van der Waals surface area contributed by atoms with Crippen LogP contribution in [0.5, 0.6) is 0 Å². The maximum Gasteiger partial charge on any atom is 0.205 e. The van der Waals surface area contributed by atoms with Crippen LogP contribution in [-0.2, 0) is 13.0 Å². The molecule has 82 valence electrons. The molecular formula is C12H17IN2. The predicted octanol–water partition coefficient (Wildman–Crippen LogP) is -0.878. The monoisotopic (exact) mass is 316 g/mol. The molecule has 2 rings (SSSR count). The van der Waals surface area contributed by atoms with E-state index >= 15 is 0 Å². The zero-order valence-corrected chi connectivity index (χ0v) is 11.7. The Kier molecular flexibility index (Phi) is 4.13. The van der Waals surface area contributed by atoms with Gasteiger partial charge in [0.2, 0.25) is 5.69 Å². The first-order chi connectivity index (χ1) is 6.77. The SMILES string of the molecule is CCc1c2ccc(C)n2cc[n+]1CC.[I-]. The highest BCUT2D eigenvalue weighted by atomic mass is 127. The fourth-order valence-electron chi connectivity index (χ4n) is 2.05. The molecule has 0 N–H and O–H groups in total. The molecule has 0 aliphatic rings. The highest BCUT2D eigenvalue weighted by Crippen LogP contribution is 2.11. The summed E-state index contributed by atoms with van der Waals surface area (Å²) < 4.78 is 4.57. The van der Waals surface area contributed by atoms with Gasteiger partial charge in [0.25, 0.3) is 0 Å². The fraction of sp³-hybridized carbons (Fsp3) is 0.417. The number of fused-ring (bicyclic) bond motifs is 1. The molecule has 0 unspecified atom stereocenters. The second kappa shape index (κ2) is 4.96. The molecule has 0 atom stereocenters. The van der Waals surface area contributed by atoms with Crippen LogP contribution in [0, 0.1) is 6.92 Å². The van der Waals surface area contributed by atoms with Gasteiger partial charge in [0.15, 0.2) is 6.20 Å². The minimum Gasteiger partial charge on any atom is -1.00 e. The van der Waals surface area contributed by atoms with Gasteiger partial charge in [0, 0.05) is 12.1 Å². The zero-order valence-electron chi connectivity index (χ0n) is 9.50. The van der Waals surface area contributed by atoms with Crippen molar-refractivity contribution < 1.29 is 28.5 Å². The zero-order chi connectivity index (χ0) is 10.1. The van der Waals surface area contributed by atoms with E-state index in [2.05, 4.69) is 54.3 Å². The van der Waals surface area contributed by atoms with Gasteiger partial charge >= 0.3 is 0 Å². The summed E-state index contributed by atoms with van der Waals surface area (Å²) in [4.78, 5) is 0. The normalized spacial score (nSPS) is 10.3. The third-order valence-electron chi connectivity index (χ3n) is 2.84. The molecule has 0 saturated heterocycles. The van der Waals surface area contributed by atoms with Crippen molar-refractivity contribution in [2.75, 3.05) is 0 Å². The van der Waals surface area contributed by atoms with Crippen LogP contribution < -0.4 is 28.5 Å². The Bertz CT molecular complexity index is 460. The Balaban J connectivity index is 0.00000112. The number of rotatable bonds is 2. The largest absolute Gasteiger partial charge is 1.00 e. The molecule has 0 aliphatic heterocycles. The molecule has 3 heteroatoms. The lowest BCUT2D eigenvalue weighted by molar-refractivity contribution is -0.699. The van der Waals surface area contributed by atoms with E-state index in [4.69, 9.17) is 0 Å². The Labute approximate surface area is 108 Å². The van der Waals surface area contributed by atoms with Crippen molar-refractivity contribution in [3.05, 3.63) is 35.9 Å². The van der Waals surface area contributed by atoms with E-state index in [1.807, 2.05) is 0 Å². The number of aromatic nitrogens is 2. The number of hydrogen-bond acceptors (Lipinski definition) is 0. The fourth-order valence-corrected chi connectivity index (χ4v) is 2.05. The summed E-state index contributed by atoms with van der Waals surface area (Å²) in [7, 11) is 0. The number of aryl methyl sites for hydroxylation is 3. The van der Waals surface area contributed by atoms with E-state index in [9.17, 15) is 0 Å². The van der Waals surface area contributed by atoms with Crippen LogP contribution >= 0.6 is 0 Å². The van der Waals surface area contributed by atoms with E-state index in [1.54, 1.807) is 0 Å². The van der Waals surface area contributed by atoms with Crippen LogP contribution in [-0.4, -0.2) is 4.40 Å². The number of hydrogen-bond donors (Lipinski definition) is 0. The molecule has 0 amide bonds. The Morgan fingerprint density at radius 1 is 1.27 bits per heavy atom. The van der Waals surface area contributed by atoms with Crippen molar-refractivity contribution >= 4 is 5.52 Å². The van der Waals surface area contributed by atoms with E-state index in [-0.39, 0.29) is 24.0 Å². The lowest BCUT2D eigenvalue weighted by atomic mass is 10.3. The number of nitrogens with zero attached hydrogens (tertiary/aromatic N) is 2. The van der Waals surface area contributed by atoms with Gasteiger partial charge in [-0.05, 0) is 26.0 Å². The van der Waals surface area contributed by atoms with Crippen LogP contribution in [0.1, 0.15) is 25.2 Å². The van der Waals surface area contributed by atoms with Crippen molar-refractivity contribution in [3.8, 4) is 0 Å². The average molecular weight is 316 g/mol. The van der Waals surface area contributed by atoms with Crippen molar-refractivity contribution in [2.45, 2.75) is 33.7 Å². The Morgan fingerprint density at radius 2 is 2.00 bits per heavy atom. The number of halogens is 1. The summed E-state index contributed by atoms with van der Waals surface area (Å²) in [6, 6.07) is 4.38. The summed E-state index contributed by atoms with van der Waals surface area (Å²) in [5.74, 6) is 0. The molecule has 2 heterocycles. The van der Waals surface area contributed by atoms with Gasteiger partial charge in [0.1, 0.15) is 12.1 Å². The molecule has 0 spiro atoms. The maximum atomic E-state index is 2.31. The molecule has 0 aliphatic carbocycles. The second-order valence-electron chi connectivity index (χ2n) is 3.61. The van der Waals surface area contributed by atoms with E-state index in [0.29, 0.717) is 0 Å². The van der Waals surface area contributed by atoms with Gasteiger partial charge in [-0.2, -0.15) is 4.57 Å². The quantitative estimate of drug-likeness (QED) is 0.503. The maximum absolute atomic E-state index is 2.31. The van der Waals surface area contributed by atoms with Crippen LogP contribution in [0.3, 0.4) is 0 Å². The summed E-state index contributed by atoms with van der Waals surface area (Å²) in [6.45, 7) is 7.59. The van der Waals surface area contributed by atoms with Crippen molar-refractivity contribution in [1.82, 2.24) is 4.40 Å². The third kappa shape index (κ3) is 2.02. The molecule has 0 radical (unpaired) electrons. The van der Waals surface area contributed by atoms with Gasteiger partial charge in [-0.1, -0.05) is 6.92 Å². The summed E-state index contributed by atoms with van der Waals surface area (Å²) in [6.07, 6.45) is 5.40. The first kappa shape index (κ1) is 12.5. The molecule has 0 fully saturated rings. The first-order valence-corrected chi connectivity index (χ1v) is 5.27. The van der Waals surface area contributed by atoms with E-state index < -0.39 is 0 Å². The summed E-state index contributed by atoms with van der Waals surface area (Å²) in [5.41, 5.74) is 4.07. The standard InChI is InChI=1S/C12H17N2.HI/c1-4-11-12-7-6-10(3)14(12)9-8-13(11)5-2;/h6-9H,4-5H2,1-3H3;1H/q+1;/p-1. The molecule has 0 bridgehead atoms. The van der Waals surface area contributed by atoms with E-state index in [0.717, 1.165) is 13.0 Å². The van der Waals surface area contributed by atoms with E-state index in [1.165, 1.54) is 16.9 Å². The molecule has 2 nitrogen and oxygen atoms in total. The van der Waals surface area contributed by atoms with Crippen LogP contribution in [0.4, 0.5) is 0 Å². The minimum atomic E-state index is 0. The average Bonchev–Trinajstić information content (AvgIpc) is 2.59. The lowest BCUT2D eigenvalue weighted by Gasteiger charge is -2.03. The van der Waals surface area contributed by atoms with Crippen molar-refractivity contribution in [3.63, 3.8) is 0 Å². The molecule has 0 saturated carbocycles. The van der Waals surface area contributed by atoms with Gasteiger partial charge in [-0.15, -0.1) is 0 Å². The van der Waals surface area contributed by atoms with Crippen LogP contribution in [0.15, 0.2) is 24.5 Å². The van der Waals surface area contributed by atoms with Gasteiger partial charge in [-0.3, -0.25) is 0 Å². The van der Waals surface area contributed by atoms with Crippen LogP contribution in [0.2, 0.25) is 0 Å². The van der Waals surface area contributed by atoms with Gasteiger partial charge < -0.3 is 28.4 Å². The van der Waals surface area contributed by atoms with Crippen LogP contribution in [0.25, 0.3) is 5.52 Å². The van der Waals surface area contributed by atoms with Gasteiger partial charge in [-0.25, -0.2) is 0 Å². The highest BCUT2D eigenvalue weighted by Gasteiger charge is 2.12. The van der Waals surface area contributed by atoms with Crippen molar-refractivity contribution in [2.24, 2.45) is 0 Å². The third-order valence-corrected chi connectivity index (χ3v) is 2.84. The molecule has 15 heavy (non-hydrogen) atoms. The minimum absolute atomic E-state index is 0. The lowest BCUT2D eigenvalue weighted by Crippen LogP contribution is -3.00. The topological polar surface area (TPSA) is 8.29 Å². The molecule has 2 aromatic heterocycles. The molecule has 0 aromatic carbocycles. The summed E-state index contributed by atoms with van der Waals surface area (Å²) >= 11 is 0. The summed E-state index contributed by atoms with van der Waals surface area (Å²) in [5, 5.41) is 0. The van der Waals surface area contributed by atoms with Crippen molar-refractivity contribution in [1.29, 1.82) is 0 Å².